The number of ether oxygens (including phenoxy) is 3. The van der Waals surface area contributed by atoms with Gasteiger partial charge in [-0.1, -0.05) is 0 Å². The fourth-order valence-electron chi connectivity index (χ4n) is 3.38. The fourth-order valence-corrected chi connectivity index (χ4v) is 3.38. The molecule has 0 bridgehead atoms. The lowest BCUT2D eigenvalue weighted by atomic mass is 10.1. The predicted molar refractivity (Wildman–Crippen MR) is 117 cm³/mol. The van der Waals surface area contributed by atoms with E-state index in [9.17, 15) is 14.4 Å². The van der Waals surface area contributed by atoms with Crippen LogP contribution in [-0.2, 0) is 11.3 Å². The maximum atomic E-state index is 12.9. The highest BCUT2D eigenvalue weighted by atomic mass is 16.5. The van der Waals surface area contributed by atoms with E-state index in [1.807, 2.05) is 0 Å². The SMILES string of the molecule is COc1ccc(-c2ccc(=O)n(CC(=O)c3ccc4c(c3)N(C)C(=O)CO4)n2)cc1OC. The molecule has 0 unspecified atom stereocenters. The number of amides is 1. The Labute approximate surface area is 183 Å². The van der Waals surface area contributed by atoms with Gasteiger partial charge in [-0.25, -0.2) is 4.68 Å². The first-order chi connectivity index (χ1) is 15.4. The Balaban J connectivity index is 1.62. The van der Waals surface area contributed by atoms with E-state index in [1.165, 1.54) is 18.1 Å². The summed E-state index contributed by atoms with van der Waals surface area (Å²) in [6.45, 7) is -0.295. The molecule has 4 rings (SSSR count). The van der Waals surface area contributed by atoms with E-state index in [0.717, 1.165) is 4.68 Å². The molecule has 164 valence electrons. The number of methoxy groups -OCH3 is 2. The van der Waals surface area contributed by atoms with Crippen LogP contribution in [-0.4, -0.2) is 49.3 Å². The quantitative estimate of drug-likeness (QED) is 0.547. The van der Waals surface area contributed by atoms with Crippen LogP contribution in [0.2, 0.25) is 0 Å². The maximum absolute atomic E-state index is 12.9. The van der Waals surface area contributed by atoms with Crippen molar-refractivity contribution in [1.82, 2.24) is 9.78 Å². The molecule has 3 aromatic rings. The Morgan fingerprint density at radius 3 is 2.56 bits per heavy atom. The molecule has 2 heterocycles. The van der Waals surface area contributed by atoms with E-state index in [2.05, 4.69) is 5.10 Å². The van der Waals surface area contributed by atoms with Gasteiger partial charge in [-0.05, 0) is 42.5 Å². The van der Waals surface area contributed by atoms with Crippen LogP contribution in [0.3, 0.4) is 0 Å². The summed E-state index contributed by atoms with van der Waals surface area (Å²) >= 11 is 0. The van der Waals surface area contributed by atoms with Crippen molar-refractivity contribution < 1.29 is 23.8 Å². The summed E-state index contributed by atoms with van der Waals surface area (Å²) in [5.74, 6) is 1.09. The molecule has 0 spiro atoms. The van der Waals surface area contributed by atoms with Crippen molar-refractivity contribution in [2.75, 3.05) is 32.8 Å². The molecule has 0 saturated heterocycles. The minimum Gasteiger partial charge on any atom is -0.493 e. The predicted octanol–water partition coefficient (Wildman–Crippen LogP) is 2.17. The first-order valence-electron chi connectivity index (χ1n) is 9.78. The number of ketones is 1. The third-order valence-corrected chi connectivity index (χ3v) is 5.21. The average Bonchev–Trinajstić information content (AvgIpc) is 2.82. The third kappa shape index (κ3) is 3.92. The molecular weight excluding hydrogens is 414 g/mol. The van der Waals surface area contributed by atoms with Crippen LogP contribution in [0.5, 0.6) is 17.2 Å². The minimum absolute atomic E-state index is 0.0426. The van der Waals surface area contributed by atoms with Gasteiger partial charge in [-0.2, -0.15) is 5.10 Å². The first kappa shape index (κ1) is 21.1. The van der Waals surface area contributed by atoms with Gasteiger partial charge in [0.1, 0.15) is 12.3 Å². The van der Waals surface area contributed by atoms with Crippen molar-refractivity contribution in [1.29, 1.82) is 0 Å². The van der Waals surface area contributed by atoms with Crippen molar-refractivity contribution in [3.8, 4) is 28.5 Å². The van der Waals surface area contributed by atoms with Gasteiger partial charge >= 0.3 is 0 Å². The Morgan fingerprint density at radius 1 is 1.03 bits per heavy atom. The molecule has 1 aromatic heterocycles. The molecule has 1 aliphatic rings. The molecule has 9 nitrogen and oxygen atoms in total. The van der Waals surface area contributed by atoms with Crippen molar-refractivity contribution in [3.63, 3.8) is 0 Å². The monoisotopic (exact) mass is 435 g/mol. The number of likely N-dealkylation sites (N-methyl/N-ethyl adjacent to an activating group) is 1. The topological polar surface area (TPSA) is 100.0 Å². The maximum Gasteiger partial charge on any atom is 0.267 e. The number of rotatable bonds is 6. The Hall–Kier alpha value is -4.14. The van der Waals surface area contributed by atoms with Crippen LogP contribution < -0.4 is 24.7 Å². The Bertz CT molecular complexity index is 1270. The molecule has 1 aliphatic heterocycles. The van der Waals surface area contributed by atoms with E-state index in [0.29, 0.717) is 39.8 Å². The standard InChI is InChI=1S/C23H21N3O6/c1-25-17-10-15(5-7-19(17)32-13-23(25)29)18(27)12-26-22(28)9-6-16(24-26)14-4-8-20(30-2)21(11-14)31-3/h4-11H,12-13H2,1-3H3. The molecule has 0 atom stereocenters. The zero-order valence-electron chi connectivity index (χ0n) is 17.8. The summed E-state index contributed by atoms with van der Waals surface area (Å²) in [6, 6.07) is 13.0. The molecule has 0 N–H and O–H groups in total. The van der Waals surface area contributed by atoms with E-state index < -0.39 is 5.56 Å². The van der Waals surface area contributed by atoms with E-state index in [-0.39, 0.29) is 24.8 Å². The van der Waals surface area contributed by atoms with Gasteiger partial charge in [-0.3, -0.25) is 14.4 Å². The van der Waals surface area contributed by atoms with E-state index >= 15 is 0 Å². The summed E-state index contributed by atoms with van der Waals surface area (Å²) in [5.41, 5.74) is 1.65. The molecule has 0 radical (unpaired) electrons. The number of nitrogens with zero attached hydrogens (tertiary/aromatic N) is 3. The lowest BCUT2D eigenvalue weighted by Gasteiger charge is -2.26. The smallest absolute Gasteiger partial charge is 0.267 e. The number of carbonyl (C=O) groups is 2. The van der Waals surface area contributed by atoms with Crippen LogP contribution in [0.4, 0.5) is 5.69 Å². The lowest BCUT2D eigenvalue weighted by molar-refractivity contribution is -0.120. The second-order valence-electron chi connectivity index (χ2n) is 7.13. The first-order valence-corrected chi connectivity index (χ1v) is 9.78. The second kappa shape index (κ2) is 8.54. The molecular formula is C23H21N3O6. The van der Waals surface area contributed by atoms with Gasteiger partial charge in [0.15, 0.2) is 23.9 Å². The van der Waals surface area contributed by atoms with E-state index in [1.54, 1.807) is 56.6 Å². The van der Waals surface area contributed by atoms with Gasteiger partial charge in [0, 0.05) is 24.2 Å². The Kier molecular flexibility index (Phi) is 5.63. The number of aromatic nitrogens is 2. The number of carbonyl (C=O) groups excluding carboxylic acids is 2. The lowest BCUT2D eigenvalue weighted by Crippen LogP contribution is -2.35. The largest absolute Gasteiger partial charge is 0.493 e. The number of fused-ring (bicyclic) bond motifs is 1. The number of anilines is 1. The average molecular weight is 435 g/mol. The van der Waals surface area contributed by atoms with Crippen LogP contribution in [0.25, 0.3) is 11.3 Å². The summed E-state index contributed by atoms with van der Waals surface area (Å²) < 4.78 is 17.1. The highest BCUT2D eigenvalue weighted by Crippen LogP contribution is 2.33. The molecule has 32 heavy (non-hydrogen) atoms. The molecule has 1 amide bonds. The molecule has 0 aliphatic carbocycles. The number of Topliss-reactive ketones (excluding diaryl/α,β-unsaturated/α-hetero) is 1. The molecule has 9 heteroatoms. The normalized spacial score (nSPS) is 12.7. The summed E-state index contributed by atoms with van der Waals surface area (Å²) in [6.07, 6.45) is 0. The summed E-state index contributed by atoms with van der Waals surface area (Å²) in [7, 11) is 4.70. The van der Waals surface area contributed by atoms with Crippen molar-refractivity contribution in [2.45, 2.75) is 6.54 Å². The van der Waals surface area contributed by atoms with Crippen molar-refractivity contribution in [3.05, 3.63) is 64.4 Å². The van der Waals surface area contributed by atoms with Gasteiger partial charge in [0.25, 0.3) is 11.5 Å². The third-order valence-electron chi connectivity index (χ3n) is 5.21. The molecule has 2 aromatic carbocycles. The van der Waals surface area contributed by atoms with E-state index in [4.69, 9.17) is 14.2 Å². The van der Waals surface area contributed by atoms with Gasteiger partial charge < -0.3 is 19.1 Å². The second-order valence-corrected chi connectivity index (χ2v) is 7.13. The molecule has 0 fully saturated rings. The number of benzene rings is 2. The summed E-state index contributed by atoms with van der Waals surface area (Å²) in [4.78, 5) is 38.6. The minimum atomic E-state index is -0.406. The van der Waals surface area contributed by atoms with Crippen molar-refractivity contribution in [2.24, 2.45) is 0 Å². The van der Waals surface area contributed by atoms with Gasteiger partial charge in [0.2, 0.25) is 0 Å². The summed E-state index contributed by atoms with van der Waals surface area (Å²) in [5, 5.41) is 4.35. The Morgan fingerprint density at radius 2 is 1.81 bits per heavy atom. The van der Waals surface area contributed by atoms with Crippen LogP contribution >= 0.6 is 0 Å². The molecule has 0 saturated carbocycles. The number of hydrogen-bond donors (Lipinski definition) is 0. The van der Waals surface area contributed by atoms with Crippen LogP contribution in [0, 0.1) is 0 Å². The van der Waals surface area contributed by atoms with Crippen LogP contribution in [0.1, 0.15) is 10.4 Å². The van der Waals surface area contributed by atoms with Gasteiger partial charge in [-0.15, -0.1) is 0 Å². The van der Waals surface area contributed by atoms with Gasteiger partial charge in [0.05, 0.1) is 25.6 Å². The highest BCUT2D eigenvalue weighted by Gasteiger charge is 2.23. The zero-order valence-corrected chi connectivity index (χ0v) is 17.8. The fraction of sp³-hybridized carbons (Fsp3) is 0.217. The highest BCUT2D eigenvalue weighted by molar-refractivity contribution is 6.01. The van der Waals surface area contributed by atoms with Crippen molar-refractivity contribution >= 4 is 17.4 Å². The van der Waals surface area contributed by atoms with Crippen LogP contribution in [0.15, 0.2) is 53.3 Å². The zero-order chi connectivity index (χ0) is 22.8. The number of hydrogen-bond acceptors (Lipinski definition) is 7.